The zero-order valence-electron chi connectivity index (χ0n) is 17.5. The van der Waals surface area contributed by atoms with E-state index in [1.165, 1.54) is 18.4 Å². The van der Waals surface area contributed by atoms with Crippen molar-refractivity contribution in [2.45, 2.75) is 52.1 Å². The molecule has 1 aliphatic carbocycles. The number of nitrogens with one attached hydrogen (secondary N) is 2. The van der Waals surface area contributed by atoms with E-state index in [0.29, 0.717) is 12.1 Å². The van der Waals surface area contributed by atoms with Gasteiger partial charge < -0.3 is 10.2 Å². The molecule has 1 atom stereocenters. The van der Waals surface area contributed by atoms with Gasteiger partial charge in [0.2, 0.25) is 0 Å². The summed E-state index contributed by atoms with van der Waals surface area (Å²) in [6.07, 6.45) is 7.74. The third-order valence-corrected chi connectivity index (χ3v) is 6.26. The van der Waals surface area contributed by atoms with Gasteiger partial charge in [-0.15, -0.1) is 0 Å². The minimum Gasteiger partial charge on any atom is -0.357 e. The van der Waals surface area contributed by atoms with Crippen molar-refractivity contribution in [3.05, 3.63) is 58.3 Å². The van der Waals surface area contributed by atoms with Crippen LogP contribution in [0.25, 0.3) is 0 Å². The van der Waals surface area contributed by atoms with Gasteiger partial charge in [-0.25, -0.2) is 4.98 Å². The summed E-state index contributed by atoms with van der Waals surface area (Å²) in [5.41, 5.74) is 5.97. The lowest BCUT2D eigenvalue weighted by molar-refractivity contribution is 0.0936. The van der Waals surface area contributed by atoms with Crippen LogP contribution in [-0.4, -0.2) is 44.0 Å². The lowest BCUT2D eigenvalue weighted by Crippen LogP contribution is -2.27. The van der Waals surface area contributed by atoms with E-state index in [1.54, 1.807) is 17.1 Å². The zero-order valence-corrected chi connectivity index (χ0v) is 17.5. The maximum Gasteiger partial charge on any atom is 0.255 e. The Kier molecular flexibility index (Phi) is 4.77. The monoisotopic (exact) mass is 405 g/mol. The first kappa shape index (κ1) is 18.8. The van der Waals surface area contributed by atoms with Gasteiger partial charge in [0.1, 0.15) is 5.82 Å². The molecule has 3 aromatic rings. The molecule has 1 fully saturated rings. The van der Waals surface area contributed by atoms with Crippen molar-refractivity contribution in [1.29, 1.82) is 0 Å². The first-order valence-corrected chi connectivity index (χ1v) is 10.7. The number of anilines is 1. The zero-order chi connectivity index (χ0) is 20.7. The van der Waals surface area contributed by atoms with E-state index in [0.717, 1.165) is 54.4 Å². The number of H-pyrrole nitrogens is 1. The van der Waals surface area contributed by atoms with Crippen molar-refractivity contribution in [2.24, 2.45) is 0 Å². The Bertz CT molecular complexity index is 1080. The number of fused-ring (bicyclic) bond motifs is 1. The molecule has 4 heterocycles. The van der Waals surface area contributed by atoms with Gasteiger partial charge >= 0.3 is 0 Å². The van der Waals surface area contributed by atoms with Gasteiger partial charge in [0.05, 0.1) is 30.0 Å². The van der Waals surface area contributed by atoms with E-state index >= 15 is 0 Å². The Labute approximate surface area is 175 Å². The molecule has 1 aliphatic heterocycles. The summed E-state index contributed by atoms with van der Waals surface area (Å²) in [5, 5.41) is 14.9. The van der Waals surface area contributed by atoms with Crippen molar-refractivity contribution in [3.8, 4) is 0 Å². The number of hydrogen-bond donors (Lipinski definition) is 2. The van der Waals surface area contributed by atoms with E-state index in [2.05, 4.69) is 37.6 Å². The maximum atomic E-state index is 12.7. The number of aryl methyl sites for hydroxylation is 2. The molecule has 0 saturated carbocycles. The molecule has 0 unspecified atom stereocenters. The number of carbonyl (C=O) groups is 1. The summed E-state index contributed by atoms with van der Waals surface area (Å²) in [6, 6.07) is 4.18. The molecular formula is C22H27N7O. The van der Waals surface area contributed by atoms with Gasteiger partial charge in [-0.3, -0.25) is 14.6 Å². The highest BCUT2D eigenvalue weighted by atomic mass is 16.1. The van der Waals surface area contributed by atoms with Crippen LogP contribution in [0.3, 0.4) is 0 Å². The summed E-state index contributed by atoms with van der Waals surface area (Å²) in [7, 11) is 0. The average molecular weight is 406 g/mol. The third kappa shape index (κ3) is 3.46. The number of amides is 1. The quantitative estimate of drug-likeness (QED) is 0.681. The molecule has 0 radical (unpaired) electrons. The Morgan fingerprint density at radius 2 is 2.10 bits per heavy atom. The van der Waals surface area contributed by atoms with Crippen molar-refractivity contribution in [2.75, 3.05) is 18.0 Å². The first-order chi connectivity index (χ1) is 14.6. The van der Waals surface area contributed by atoms with E-state index in [9.17, 15) is 4.79 Å². The number of rotatable bonds is 5. The van der Waals surface area contributed by atoms with Gasteiger partial charge in [-0.1, -0.05) is 6.07 Å². The Morgan fingerprint density at radius 3 is 2.90 bits per heavy atom. The van der Waals surface area contributed by atoms with Crippen molar-refractivity contribution < 1.29 is 4.79 Å². The second-order valence-electron chi connectivity index (χ2n) is 8.31. The summed E-state index contributed by atoms with van der Waals surface area (Å²) in [5.74, 6) is 0.942. The minimum atomic E-state index is -0.112. The van der Waals surface area contributed by atoms with Gasteiger partial charge in [-0.05, 0) is 56.7 Å². The average Bonchev–Trinajstić information content (AvgIpc) is 3.51. The predicted octanol–water partition coefficient (Wildman–Crippen LogP) is 2.68. The molecule has 0 bridgehead atoms. The van der Waals surface area contributed by atoms with Crippen molar-refractivity contribution in [1.82, 2.24) is 30.3 Å². The fourth-order valence-electron chi connectivity index (χ4n) is 4.49. The summed E-state index contributed by atoms with van der Waals surface area (Å²) < 4.78 is 1.80. The van der Waals surface area contributed by atoms with E-state index in [1.807, 2.05) is 13.8 Å². The van der Waals surface area contributed by atoms with E-state index < -0.39 is 0 Å². The molecule has 2 N–H and O–H groups in total. The molecule has 8 heteroatoms. The molecule has 0 aromatic carbocycles. The van der Waals surface area contributed by atoms with Crippen LogP contribution in [0.2, 0.25) is 0 Å². The summed E-state index contributed by atoms with van der Waals surface area (Å²) >= 11 is 0. The highest BCUT2D eigenvalue weighted by molar-refractivity contribution is 5.94. The summed E-state index contributed by atoms with van der Waals surface area (Å²) in [4.78, 5) is 19.8. The van der Waals surface area contributed by atoms with Crippen LogP contribution in [0.15, 0.2) is 24.5 Å². The molecular weight excluding hydrogens is 378 g/mol. The number of aromatic amines is 1. The molecule has 0 spiro atoms. The van der Waals surface area contributed by atoms with Crippen LogP contribution < -0.4 is 10.2 Å². The number of carbonyl (C=O) groups excluding carboxylic acids is 1. The number of pyridine rings is 1. The van der Waals surface area contributed by atoms with Crippen LogP contribution in [-0.2, 0) is 13.0 Å². The largest absolute Gasteiger partial charge is 0.357 e. The molecule has 3 aromatic heterocycles. The highest BCUT2D eigenvalue weighted by Gasteiger charge is 2.28. The van der Waals surface area contributed by atoms with Crippen LogP contribution in [0.4, 0.5) is 5.82 Å². The van der Waals surface area contributed by atoms with Gasteiger partial charge in [0, 0.05) is 30.7 Å². The topological polar surface area (TPSA) is 91.7 Å². The fourth-order valence-corrected chi connectivity index (χ4v) is 4.49. The molecule has 8 nitrogen and oxygen atoms in total. The van der Waals surface area contributed by atoms with Gasteiger partial charge in [0.15, 0.2) is 0 Å². The van der Waals surface area contributed by atoms with Crippen LogP contribution in [0, 0.1) is 13.8 Å². The predicted molar refractivity (Wildman–Crippen MR) is 114 cm³/mol. The molecule has 156 valence electrons. The van der Waals surface area contributed by atoms with Crippen LogP contribution in [0.1, 0.15) is 63.9 Å². The van der Waals surface area contributed by atoms with Gasteiger partial charge in [-0.2, -0.15) is 10.2 Å². The van der Waals surface area contributed by atoms with E-state index in [-0.39, 0.29) is 11.9 Å². The lowest BCUT2D eigenvalue weighted by atomic mass is 10.2. The highest BCUT2D eigenvalue weighted by Crippen LogP contribution is 2.31. The molecule has 2 aliphatic rings. The minimum absolute atomic E-state index is 0.0367. The van der Waals surface area contributed by atoms with Crippen LogP contribution in [0.5, 0.6) is 0 Å². The van der Waals surface area contributed by atoms with Crippen LogP contribution >= 0.6 is 0 Å². The molecule has 1 amide bonds. The molecule has 30 heavy (non-hydrogen) atoms. The van der Waals surface area contributed by atoms with Crippen molar-refractivity contribution in [3.63, 3.8) is 0 Å². The number of hydrogen-bond acceptors (Lipinski definition) is 5. The van der Waals surface area contributed by atoms with Gasteiger partial charge in [0.25, 0.3) is 5.91 Å². The lowest BCUT2D eigenvalue weighted by Gasteiger charge is -2.17. The van der Waals surface area contributed by atoms with E-state index in [4.69, 9.17) is 4.98 Å². The second kappa shape index (κ2) is 7.59. The first-order valence-electron chi connectivity index (χ1n) is 10.7. The third-order valence-electron chi connectivity index (χ3n) is 6.26. The normalized spacial score (nSPS) is 18.1. The Balaban J connectivity index is 1.25. The smallest absolute Gasteiger partial charge is 0.255 e. The SMILES string of the molecule is Cc1nc(N2CCCC2)ccc1Cn1cc(C(=O)N[C@@H]2CCc3c2n[nH]c3C)cn1. The number of aromatic nitrogens is 5. The Hall–Kier alpha value is -3.16. The Morgan fingerprint density at radius 1 is 1.27 bits per heavy atom. The molecule has 1 saturated heterocycles. The fraction of sp³-hybridized carbons (Fsp3) is 0.455. The standard InChI is InChI=1S/C22H27N7O/c1-14-16(5-8-20(24-14)28-9-3-4-10-28)12-29-13-17(11-23-29)22(30)25-19-7-6-18-15(2)26-27-21(18)19/h5,8,11,13,19H,3-4,6-7,9-10,12H2,1-2H3,(H,25,30)(H,26,27)/t19-/m1/s1. The maximum absolute atomic E-state index is 12.7. The molecule has 5 rings (SSSR count). The summed E-state index contributed by atoms with van der Waals surface area (Å²) in [6.45, 7) is 6.83. The van der Waals surface area contributed by atoms with Crippen molar-refractivity contribution >= 4 is 11.7 Å². The number of nitrogens with zero attached hydrogens (tertiary/aromatic N) is 5. The second-order valence-corrected chi connectivity index (χ2v) is 8.31.